The van der Waals surface area contributed by atoms with E-state index in [1.807, 2.05) is 0 Å². The molecule has 0 aromatic heterocycles. The molecule has 15 heavy (non-hydrogen) atoms. The Hall–Kier alpha value is -0.490. The van der Waals surface area contributed by atoms with Gasteiger partial charge in [-0.3, -0.25) is 0 Å². The van der Waals surface area contributed by atoms with Gasteiger partial charge < -0.3 is 0 Å². The predicted octanol–water partition coefficient (Wildman–Crippen LogP) is 3.88. The topological polar surface area (TPSA) is 0 Å². The summed E-state index contributed by atoms with van der Waals surface area (Å²) in [6.07, 6.45) is 5.33. The molecular formula is C14H17Cl. The maximum absolute atomic E-state index is 6.51. The van der Waals surface area contributed by atoms with E-state index in [1.54, 1.807) is 0 Å². The van der Waals surface area contributed by atoms with E-state index in [9.17, 15) is 0 Å². The molecule has 3 rings (SSSR count). The lowest BCUT2D eigenvalue weighted by Crippen LogP contribution is -2.15. The molecule has 2 aliphatic rings. The summed E-state index contributed by atoms with van der Waals surface area (Å²) >= 11 is 6.51. The fourth-order valence-electron chi connectivity index (χ4n) is 3.06. The Labute approximate surface area is 96.6 Å². The van der Waals surface area contributed by atoms with Gasteiger partial charge >= 0.3 is 0 Å². The Morgan fingerprint density at radius 3 is 2.40 bits per heavy atom. The molecule has 1 aromatic carbocycles. The molecule has 0 radical (unpaired) electrons. The van der Waals surface area contributed by atoms with Crippen molar-refractivity contribution < 1.29 is 0 Å². The maximum Gasteiger partial charge on any atom is 0.0404 e. The van der Waals surface area contributed by atoms with E-state index in [2.05, 4.69) is 30.3 Å². The molecule has 3 unspecified atom stereocenters. The Balaban J connectivity index is 1.59. The molecule has 0 heterocycles. The standard InChI is InChI=1S/C14H17Cl/c15-14(6-10-4-2-1-3-5-10)13-8-11-7-12(11)9-13/h1-5,11-14H,6-9H2. The van der Waals surface area contributed by atoms with Crippen molar-refractivity contribution in [1.29, 1.82) is 0 Å². The largest absolute Gasteiger partial charge is 0.122 e. The van der Waals surface area contributed by atoms with E-state index in [1.165, 1.54) is 24.8 Å². The number of hydrogen-bond acceptors (Lipinski definition) is 0. The van der Waals surface area contributed by atoms with Crippen LogP contribution >= 0.6 is 11.6 Å². The molecular weight excluding hydrogens is 204 g/mol. The third-order valence-electron chi connectivity index (χ3n) is 4.07. The van der Waals surface area contributed by atoms with Crippen LogP contribution in [0.2, 0.25) is 0 Å². The highest BCUT2D eigenvalue weighted by Crippen LogP contribution is 2.55. The first-order valence-electron chi connectivity index (χ1n) is 6.01. The molecule has 1 heteroatoms. The van der Waals surface area contributed by atoms with Gasteiger partial charge in [-0.2, -0.15) is 0 Å². The van der Waals surface area contributed by atoms with Gasteiger partial charge in [-0.25, -0.2) is 0 Å². The average Bonchev–Trinajstić information content (AvgIpc) is 2.87. The van der Waals surface area contributed by atoms with Gasteiger partial charge in [-0.05, 0) is 49.0 Å². The van der Waals surface area contributed by atoms with Crippen molar-refractivity contribution in [1.82, 2.24) is 0 Å². The quantitative estimate of drug-likeness (QED) is 0.679. The van der Waals surface area contributed by atoms with E-state index >= 15 is 0 Å². The fraction of sp³-hybridized carbons (Fsp3) is 0.571. The Morgan fingerprint density at radius 1 is 1.07 bits per heavy atom. The summed E-state index contributed by atoms with van der Waals surface area (Å²) < 4.78 is 0. The van der Waals surface area contributed by atoms with Gasteiger partial charge in [0, 0.05) is 5.38 Å². The van der Waals surface area contributed by atoms with Gasteiger partial charge in [-0.1, -0.05) is 30.3 Å². The fourth-order valence-corrected chi connectivity index (χ4v) is 3.45. The van der Waals surface area contributed by atoms with Crippen LogP contribution in [0.1, 0.15) is 24.8 Å². The number of rotatable bonds is 3. The monoisotopic (exact) mass is 220 g/mol. The van der Waals surface area contributed by atoms with Crippen LogP contribution in [0.25, 0.3) is 0 Å². The van der Waals surface area contributed by atoms with E-state index in [4.69, 9.17) is 11.6 Å². The molecule has 0 aliphatic heterocycles. The normalized spacial score (nSPS) is 34.9. The first kappa shape index (κ1) is 9.72. The number of hydrogen-bond donors (Lipinski definition) is 0. The molecule has 1 aromatic rings. The second-order valence-corrected chi connectivity index (χ2v) is 5.75. The van der Waals surface area contributed by atoms with Crippen LogP contribution in [0.5, 0.6) is 0 Å². The van der Waals surface area contributed by atoms with E-state index in [0.29, 0.717) is 5.38 Å². The molecule has 0 N–H and O–H groups in total. The number of fused-ring (bicyclic) bond motifs is 1. The molecule has 0 saturated heterocycles. The van der Waals surface area contributed by atoms with Crippen LogP contribution in [-0.4, -0.2) is 5.38 Å². The van der Waals surface area contributed by atoms with Crippen LogP contribution < -0.4 is 0 Å². The van der Waals surface area contributed by atoms with Crippen LogP contribution in [0.3, 0.4) is 0 Å². The molecule has 3 atom stereocenters. The second-order valence-electron chi connectivity index (χ2n) is 5.19. The van der Waals surface area contributed by atoms with Gasteiger partial charge in [-0.15, -0.1) is 11.6 Å². The lowest BCUT2D eigenvalue weighted by molar-refractivity contribution is 0.460. The van der Waals surface area contributed by atoms with Gasteiger partial charge in [0.15, 0.2) is 0 Å². The van der Waals surface area contributed by atoms with Crippen molar-refractivity contribution in [2.45, 2.75) is 31.1 Å². The van der Waals surface area contributed by atoms with Crippen LogP contribution in [0.15, 0.2) is 30.3 Å². The van der Waals surface area contributed by atoms with Crippen LogP contribution in [0.4, 0.5) is 0 Å². The summed E-state index contributed by atoms with van der Waals surface area (Å²) in [4.78, 5) is 0. The summed E-state index contributed by atoms with van der Waals surface area (Å²) in [5.74, 6) is 2.88. The summed E-state index contributed by atoms with van der Waals surface area (Å²) in [5, 5.41) is 0.361. The van der Waals surface area contributed by atoms with Crippen molar-refractivity contribution in [3.63, 3.8) is 0 Å². The van der Waals surface area contributed by atoms with Gasteiger partial charge in [0.25, 0.3) is 0 Å². The van der Waals surface area contributed by atoms with Crippen molar-refractivity contribution in [3.05, 3.63) is 35.9 Å². The Bertz CT molecular complexity index is 322. The summed E-state index contributed by atoms with van der Waals surface area (Å²) in [7, 11) is 0. The summed E-state index contributed by atoms with van der Waals surface area (Å²) in [5.41, 5.74) is 1.39. The molecule has 2 saturated carbocycles. The van der Waals surface area contributed by atoms with E-state index in [0.717, 1.165) is 24.2 Å². The summed E-state index contributed by atoms with van der Waals surface area (Å²) in [6, 6.07) is 10.6. The smallest absolute Gasteiger partial charge is 0.0404 e. The molecule has 80 valence electrons. The Morgan fingerprint density at radius 2 is 1.73 bits per heavy atom. The predicted molar refractivity (Wildman–Crippen MR) is 64.1 cm³/mol. The first-order valence-corrected chi connectivity index (χ1v) is 6.44. The third kappa shape index (κ3) is 2.06. The minimum atomic E-state index is 0.361. The van der Waals surface area contributed by atoms with Crippen LogP contribution in [0, 0.1) is 17.8 Å². The van der Waals surface area contributed by atoms with Crippen molar-refractivity contribution in [3.8, 4) is 0 Å². The first-order chi connectivity index (χ1) is 7.33. The molecule has 0 amide bonds. The average molecular weight is 221 g/mol. The third-order valence-corrected chi connectivity index (χ3v) is 4.58. The van der Waals surface area contributed by atoms with E-state index < -0.39 is 0 Å². The van der Waals surface area contributed by atoms with Crippen molar-refractivity contribution in [2.24, 2.45) is 17.8 Å². The molecule has 2 fully saturated rings. The highest BCUT2D eigenvalue weighted by Gasteiger charge is 2.47. The van der Waals surface area contributed by atoms with Crippen molar-refractivity contribution in [2.75, 3.05) is 0 Å². The van der Waals surface area contributed by atoms with Gasteiger partial charge in [0.05, 0.1) is 0 Å². The highest BCUT2D eigenvalue weighted by atomic mass is 35.5. The lowest BCUT2D eigenvalue weighted by Gasteiger charge is -2.18. The molecule has 0 nitrogen and oxygen atoms in total. The molecule has 0 spiro atoms. The van der Waals surface area contributed by atoms with E-state index in [-0.39, 0.29) is 0 Å². The van der Waals surface area contributed by atoms with Crippen LogP contribution in [-0.2, 0) is 6.42 Å². The van der Waals surface area contributed by atoms with Gasteiger partial charge in [0.2, 0.25) is 0 Å². The lowest BCUT2D eigenvalue weighted by atomic mass is 9.94. The maximum atomic E-state index is 6.51. The van der Waals surface area contributed by atoms with Crippen molar-refractivity contribution >= 4 is 11.6 Å². The summed E-state index contributed by atoms with van der Waals surface area (Å²) in [6.45, 7) is 0. The zero-order valence-electron chi connectivity index (χ0n) is 8.90. The number of alkyl halides is 1. The number of halogens is 1. The minimum absolute atomic E-state index is 0.361. The second kappa shape index (κ2) is 3.83. The Kier molecular flexibility index (Phi) is 2.48. The SMILES string of the molecule is ClC(Cc1ccccc1)C1CC2CC2C1. The zero-order valence-corrected chi connectivity index (χ0v) is 9.66. The highest BCUT2D eigenvalue weighted by molar-refractivity contribution is 6.20. The minimum Gasteiger partial charge on any atom is -0.122 e. The molecule has 0 bridgehead atoms. The number of benzene rings is 1. The molecule has 2 aliphatic carbocycles. The van der Waals surface area contributed by atoms with Gasteiger partial charge in [0.1, 0.15) is 0 Å². The zero-order chi connectivity index (χ0) is 10.3.